The normalized spacial score (nSPS) is 10.1. The van der Waals surface area contributed by atoms with Crippen molar-refractivity contribution in [2.24, 2.45) is 5.73 Å². The Morgan fingerprint density at radius 1 is 1.44 bits per heavy atom. The predicted molar refractivity (Wildman–Crippen MR) is 62.6 cm³/mol. The van der Waals surface area contributed by atoms with Crippen molar-refractivity contribution in [3.8, 4) is 5.75 Å². The number of hydrogen-bond acceptors (Lipinski definition) is 2. The Morgan fingerprint density at radius 3 is 2.81 bits per heavy atom. The van der Waals surface area contributed by atoms with Gasteiger partial charge in [0, 0.05) is 6.42 Å². The SMILES string of the molecule is NC(=O)CCCCOc1ccc(F)c(Br)c1. The number of benzene rings is 1. The van der Waals surface area contributed by atoms with Gasteiger partial charge in [-0.05, 0) is 47.0 Å². The molecule has 0 atom stereocenters. The van der Waals surface area contributed by atoms with Gasteiger partial charge in [0.15, 0.2) is 0 Å². The molecule has 0 spiro atoms. The number of hydrogen-bond donors (Lipinski definition) is 1. The molecule has 0 fully saturated rings. The molecule has 0 aliphatic heterocycles. The topological polar surface area (TPSA) is 52.3 Å². The standard InChI is InChI=1S/C11H13BrFNO2/c12-9-7-8(4-5-10(9)13)16-6-2-1-3-11(14)15/h4-5,7H,1-3,6H2,(H2,14,15). The predicted octanol–water partition coefficient (Wildman–Crippen LogP) is 2.62. The molecule has 0 aliphatic carbocycles. The van der Waals surface area contributed by atoms with Gasteiger partial charge < -0.3 is 10.5 Å². The Labute approximate surface area is 102 Å². The summed E-state index contributed by atoms with van der Waals surface area (Å²) in [4.78, 5) is 10.4. The Bertz CT molecular complexity index is 371. The van der Waals surface area contributed by atoms with Crippen LogP contribution in [-0.2, 0) is 4.79 Å². The number of amides is 1. The fourth-order valence-corrected chi connectivity index (χ4v) is 1.52. The molecule has 1 aromatic rings. The highest BCUT2D eigenvalue weighted by molar-refractivity contribution is 9.10. The summed E-state index contributed by atoms with van der Waals surface area (Å²) in [6.07, 6.45) is 1.83. The van der Waals surface area contributed by atoms with Crippen LogP contribution in [0.5, 0.6) is 5.75 Å². The van der Waals surface area contributed by atoms with Crippen LogP contribution in [-0.4, -0.2) is 12.5 Å². The van der Waals surface area contributed by atoms with Crippen LogP contribution in [0.15, 0.2) is 22.7 Å². The van der Waals surface area contributed by atoms with Crippen LogP contribution < -0.4 is 10.5 Å². The van der Waals surface area contributed by atoms with E-state index in [1.54, 1.807) is 12.1 Å². The molecular formula is C11H13BrFNO2. The zero-order valence-corrected chi connectivity index (χ0v) is 10.3. The number of rotatable bonds is 6. The summed E-state index contributed by atoms with van der Waals surface area (Å²) in [7, 11) is 0. The van der Waals surface area contributed by atoms with E-state index in [0.717, 1.165) is 6.42 Å². The Kier molecular flexibility index (Phi) is 5.25. The van der Waals surface area contributed by atoms with Gasteiger partial charge in [0.25, 0.3) is 0 Å². The number of primary amides is 1. The molecule has 88 valence electrons. The number of halogens is 2. The van der Waals surface area contributed by atoms with Gasteiger partial charge in [-0.25, -0.2) is 4.39 Å². The number of nitrogens with two attached hydrogens (primary N) is 1. The summed E-state index contributed by atoms with van der Waals surface area (Å²) in [6.45, 7) is 0.491. The van der Waals surface area contributed by atoms with E-state index in [1.165, 1.54) is 6.07 Å². The lowest BCUT2D eigenvalue weighted by molar-refractivity contribution is -0.118. The van der Waals surface area contributed by atoms with Crippen molar-refractivity contribution in [2.75, 3.05) is 6.61 Å². The first-order chi connectivity index (χ1) is 7.59. The van der Waals surface area contributed by atoms with Crippen molar-refractivity contribution < 1.29 is 13.9 Å². The van der Waals surface area contributed by atoms with Crippen LogP contribution in [0.4, 0.5) is 4.39 Å². The summed E-state index contributed by atoms with van der Waals surface area (Å²) in [5, 5.41) is 0. The highest BCUT2D eigenvalue weighted by Crippen LogP contribution is 2.21. The smallest absolute Gasteiger partial charge is 0.217 e. The molecular weight excluding hydrogens is 277 g/mol. The lowest BCUT2D eigenvalue weighted by atomic mass is 10.2. The van der Waals surface area contributed by atoms with Crippen molar-refractivity contribution in [3.05, 3.63) is 28.5 Å². The molecule has 1 amide bonds. The van der Waals surface area contributed by atoms with Crippen LogP contribution >= 0.6 is 15.9 Å². The van der Waals surface area contributed by atoms with E-state index in [0.29, 0.717) is 29.7 Å². The summed E-state index contributed by atoms with van der Waals surface area (Å²) in [5.74, 6) is -0.0158. The second kappa shape index (κ2) is 6.48. The summed E-state index contributed by atoms with van der Waals surface area (Å²) >= 11 is 3.07. The number of ether oxygens (including phenoxy) is 1. The molecule has 0 bridgehead atoms. The van der Waals surface area contributed by atoms with E-state index in [4.69, 9.17) is 10.5 Å². The molecule has 0 saturated heterocycles. The molecule has 3 nitrogen and oxygen atoms in total. The third-order valence-corrected chi connectivity index (χ3v) is 2.59. The minimum Gasteiger partial charge on any atom is -0.494 e. The van der Waals surface area contributed by atoms with Crippen molar-refractivity contribution >= 4 is 21.8 Å². The molecule has 1 aromatic carbocycles. The van der Waals surface area contributed by atoms with E-state index in [2.05, 4.69) is 15.9 Å². The third-order valence-electron chi connectivity index (χ3n) is 1.98. The molecule has 16 heavy (non-hydrogen) atoms. The van der Waals surface area contributed by atoms with Crippen molar-refractivity contribution in [2.45, 2.75) is 19.3 Å². The van der Waals surface area contributed by atoms with Gasteiger partial charge in [-0.15, -0.1) is 0 Å². The fraction of sp³-hybridized carbons (Fsp3) is 0.364. The minimum absolute atomic E-state index is 0.301. The summed E-state index contributed by atoms with van der Waals surface area (Å²) in [5.41, 5.74) is 4.99. The van der Waals surface area contributed by atoms with Gasteiger partial charge >= 0.3 is 0 Å². The molecule has 0 radical (unpaired) electrons. The van der Waals surface area contributed by atoms with Crippen LogP contribution in [0.2, 0.25) is 0 Å². The Hall–Kier alpha value is -1.10. The van der Waals surface area contributed by atoms with E-state index in [1.807, 2.05) is 0 Å². The quantitative estimate of drug-likeness (QED) is 0.819. The van der Waals surface area contributed by atoms with Gasteiger partial charge in [0.1, 0.15) is 11.6 Å². The van der Waals surface area contributed by atoms with Crippen molar-refractivity contribution in [1.82, 2.24) is 0 Å². The summed E-state index contributed by atoms with van der Waals surface area (Å²) in [6, 6.07) is 4.47. The van der Waals surface area contributed by atoms with Gasteiger partial charge in [-0.2, -0.15) is 0 Å². The maximum atomic E-state index is 12.9. The molecule has 0 aromatic heterocycles. The molecule has 1 rings (SSSR count). The van der Waals surface area contributed by atoms with E-state index < -0.39 is 0 Å². The Morgan fingerprint density at radius 2 is 2.19 bits per heavy atom. The molecule has 0 saturated carbocycles. The van der Waals surface area contributed by atoms with Gasteiger partial charge in [-0.3, -0.25) is 4.79 Å². The van der Waals surface area contributed by atoms with Crippen molar-refractivity contribution in [1.29, 1.82) is 0 Å². The van der Waals surface area contributed by atoms with E-state index in [-0.39, 0.29) is 11.7 Å². The second-order valence-electron chi connectivity index (χ2n) is 3.35. The number of unbranched alkanes of at least 4 members (excludes halogenated alkanes) is 1. The third kappa shape index (κ3) is 4.61. The first kappa shape index (κ1) is 13.0. The van der Waals surface area contributed by atoms with Gasteiger partial charge in [0.05, 0.1) is 11.1 Å². The lowest BCUT2D eigenvalue weighted by Gasteiger charge is -2.06. The lowest BCUT2D eigenvalue weighted by Crippen LogP contribution is -2.10. The van der Waals surface area contributed by atoms with E-state index >= 15 is 0 Å². The molecule has 0 heterocycles. The average molecular weight is 290 g/mol. The molecule has 0 unspecified atom stereocenters. The first-order valence-corrected chi connectivity index (χ1v) is 5.75. The van der Waals surface area contributed by atoms with Crippen LogP contribution in [0.25, 0.3) is 0 Å². The fourth-order valence-electron chi connectivity index (χ4n) is 1.16. The molecule has 0 aliphatic rings. The maximum Gasteiger partial charge on any atom is 0.217 e. The zero-order chi connectivity index (χ0) is 12.0. The number of carbonyl (C=O) groups excluding carboxylic acids is 1. The minimum atomic E-state index is -0.318. The second-order valence-corrected chi connectivity index (χ2v) is 4.20. The molecule has 5 heteroatoms. The number of carbonyl (C=O) groups is 1. The van der Waals surface area contributed by atoms with Crippen LogP contribution in [0.3, 0.4) is 0 Å². The van der Waals surface area contributed by atoms with Crippen LogP contribution in [0.1, 0.15) is 19.3 Å². The largest absolute Gasteiger partial charge is 0.494 e. The van der Waals surface area contributed by atoms with Gasteiger partial charge in [0.2, 0.25) is 5.91 Å². The highest BCUT2D eigenvalue weighted by atomic mass is 79.9. The summed E-state index contributed by atoms with van der Waals surface area (Å²) < 4.78 is 18.6. The molecule has 2 N–H and O–H groups in total. The Balaban J connectivity index is 2.27. The zero-order valence-electron chi connectivity index (χ0n) is 8.71. The van der Waals surface area contributed by atoms with Crippen LogP contribution in [0, 0.1) is 5.82 Å². The first-order valence-electron chi connectivity index (χ1n) is 4.96. The monoisotopic (exact) mass is 289 g/mol. The highest BCUT2D eigenvalue weighted by Gasteiger charge is 2.01. The average Bonchev–Trinajstić information content (AvgIpc) is 2.22. The van der Waals surface area contributed by atoms with E-state index in [9.17, 15) is 9.18 Å². The van der Waals surface area contributed by atoms with Gasteiger partial charge in [-0.1, -0.05) is 0 Å². The maximum absolute atomic E-state index is 12.9. The van der Waals surface area contributed by atoms with Crippen molar-refractivity contribution in [3.63, 3.8) is 0 Å².